The van der Waals surface area contributed by atoms with Crippen molar-refractivity contribution in [3.63, 3.8) is 0 Å². The number of nitrogens with zero attached hydrogens (tertiary/aromatic N) is 1. The van der Waals surface area contributed by atoms with Gasteiger partial charge in [0.15, 0.2) is 0 Å². The third-order valence-corrected chi connectivity index (χ3v) is 5.40. The van der Waals surface area contributed by atoms with Crippen LogP contribution in [0, 0.1) is 0 Å². The Hall–Kier alpha value is -0.620. The molecule has 0 saturated carbocycles. The zero-order valence-corrected chi connectivity index (χ0v) is 13.8. The second-order valence-corrected chi connectivity index (χ2v) is 7.38. The molecule has 0 amide bonds. The Morgan fingerprint density at radius 2 is 1.85 bits per heavy atom. The Labute approximate surface area is 128 Å². The lowest BCUT2D eigenvalue weighted by Crippen LogP contribution is -2.51. The van der Waals surface area contributed by atoms with Gasteiger partial charge < -0.3 is 5.32 Å². The summed E-state index contributed by atoms with van der Waals surface area (Å²) in [5, 5.41) is 3.25. The third-order valence-electron chi connectivity index (χ3n) is 3.52. The molecular formula is C14H23ClN2O2S. The molecule has 1 fully saturated rings. The van der Waals surface area contributed by atoms with Gasteiger partial charge in [0.2, 0.25) is 10.0 Å². The maximum atomic E-state index is 12.5. The molecule has 0 radical (unpaired) electrons. The highest BCUT2D eigenvalue weighted by atomic mass is 35.5. The summed E-state index contributed by atoms with van der Waals surface area (Å²) >= 11 is 0. The SMILES string of the molecule is CC(C)c1ccc(S(=O)(=O)N2CCN[C@@H](C)C2)cc1.Cl. The summed E-state index contributed by atoms with van der Waals surface area (Å²) in [6.45, 7) is 7.99. The van der Waals surface area contributed by atoms with Gasteiger partial charge in [-0.2, -0.15) is 4.31 Å². The number of benzene rings is 1. The van der Waals surface area contributed by atoms with E-state index in [1.165, 1.54) is 0 Å². The molecule has 1 aromatic carbocycles. The number of halogens is 1. The molecule has 1 atom stereocenters. The Bertz CT molecular complexity index is 529. The van der Waals surface area contributed by atoms with Gasteiger partial charge in [-0.3, -0.25) is 0 Å². The molecular weight excluding hydrogens is 296 g/mol. The van der Waals surface area contributed by atoms with E-state index in [2.05, 4.69) is 19.2 Å². The average molecular weight is 319 g/mol. The van der Waals surface area contributed by atoms with Crippen LogP contribution in [-0.2, 0) is 10.0 Å². The highest BCUT2D eigenvalue weighted by molar-refractivity contribution is 7.89. The van der Waals surface area contributed by atoms with Crippen LogP contribution in [0.1, 0.15) is 32.3 Å². The Kier molecular flexibility index (Phi) is 6.01. The summed E-state index contributed by atoms with van der Waals surface area (Å²) in [6, 6.07) is 7.46. The maximum absolute atomic E-state index is 12.5. The van der Waals surface area contributed by atoms with Crippen molar-refractivity contribution in [2.45, 2.75) is 37.6 Å². The second kappa shape index (κ2) is 6.89. The molecule has 4 nitrogen and oxygen atoms in total. The van der Waals surface area contributed by atoms with Crippen molar-refractivity contribution in [3.05, 3.63) is 29.8 Å². The van der Waals surface area contributed by atoms with Gasteiger partial charge in [0.25, 0.3) is 0 Å². The van der Waals surface area contributed by atoms with Crippen LogP contribution in [0.5, 0.6) is 0 Å². The van der Waals surface area contributed by atoms with Crippen LogP contribution in [0.4, 0.5) is 0 Å². The lowest BCUT2D eigenvalue weighted by Gasteiger charge is -2.31. The highest BCUT2D eigenvalue weighted by Gasteiger charge is 2.28. The normalized spacial score (nSPS) is 20.7. The Morgan fingerprint density at radius 3 is 2.35 bits per heavy atom. The predicted octanol–water partition coefficient (Wildman–Crippen LogP) is 2.21. The highest BCUT2D eigenvalue weighted by Crippen LogP contribution is 2.20. The predicted molar refractivity (Wildman–Crippen MR) is 84.0 cm³/mol. The Balaban J connectivity index is 0.00000200. The average Bonchev–Trinajstić information content (AvgIpc) is 2.39. The molecule has 6 heteroatoms. The lowest BCUT2D eigenvalue weighted by molar-refractivity contribution is 0.310. The molecule has 0 spiro atoms. The summed E-state index contributed by atoms with van der Waals surface area (Å²) in [5.41, 5.74) is 1.16. The van der Waals surface area contributed by atoms with E-state index in [1.807, 2.05) is 19.1 Å². The van der Waals surface area contributed by atoms with Crippen LogP contribution in [0.25, 0.3) is 0 Å². The molecule has 0 bridgehead atoms. The van der Waals surface area contributed by atoms with Crippen LogP contribution in [0.2, 0.25) is 0 Å². The number of sulfonamides is 1. The van der Waals surface area contributed by atoms with Gasteiger partial charge in [0, 0.05) is 25.7 Å². The molecule has 114 valence electrons. The zero-order valence-electron chi connectivity index (χ0n) is 12.2. The monoisotopic (exact) mass is 318 g/mol. The van der Waals surface area contributed by atoms with Gasteiger partial charge in [-0.15, -0.1) is 12.4 Å². The van der Waals surface area contributed by atoms with E-state index in [4.69, 9.17) is 0 Å². The molecule has 2 rings (SSSR count). The van der Waals surface area contributed by atoms with E-state index in [-0.39, 0.29) is 18.4 Å². The quantitative estimate of drug-likeness (QED) is 0.929. The second-order valence-electron chi connectivity index (χ2n) is 5.44. The largest absolute Gasteiger partial charge is 0.312 e. The first-order chi connectivity index (χ1) is 8.91. The van der Waals surface area contributed by atoms with Crippen LogP contribution in [0.3, 0.4) is 0 Å². The summed E-state index contributed by atoms with van der Waals surface area (Å²) < 4.78 is 26.6. The number of piperazine rings is 1. The number of hydrogen-bond donors (Lipinski definition) is 1. The fourth-order valence-electron chi connectivity index (χ4n) is 2.29. The molecule has 1 aliphatic rings. The summed E-state index contributed by atoms with van der Waals surface area (Å²) in [4.78, 5) is 0.394. The molecule has 1 heterocycles. The minimum Gasteiger partial charge on any atom is -0.312 e. The third kappa shape index (κ3) is 3.73. The lowest BCUT2D eigenvalue weighted by atomic mass is 10.0. The molecule has 20 heavy (non-hydrogen) atoms. The van der Waals surface area contributed by atoms with Crippen LogP contribution >= 0.6 is 12.4 Å². The molecule has 0 aromatic heterocycles. The van der Waals surface area contributed by atoms with Crippen LogP contribution in [0.15, 0.2) is 29.2 Å². The number of hydrogen-bond acceptors (Lipinski definition) is 3. The van der Waals surface area contributed by atoms with Gasteiger partial charge in [-0.25, -0.2) is 8.42 Å². The van der Waals surface area contributed by atoms with E-state index < -0.39 is 10.0 Å². The van der Waals surface area contributed by atoms with Gasteiger partial charge in [-0.1, -0.05) is 26.0 Å². The van der Waals surface area contributed by atoms with Gasteiger partial charge in [0.1, 0.15) is 0 Å². The smallest absolute Gasteiger partial charge is 0.243 e. The Morgan fingerprint density at radius 1 is 1.25 bits per heavy atom. The number of nitrogens with one attached hydrogen (secondary N) is 1. The van der Waals surface area contributed by atoms with E-state index in [1.54, 1.807) is 16.4 Å². The summed E-state index contributed by atoms with van der Waals surface area (Å²) in [6.07, 6.45) is 0. The molecule has 1 saturated heterocycles. The van der Waals surface area contributed by atoms with E-state index in [0.29, 0.717) is 30.4 Å². The van der Waals surface area contributed by atoms with Crippen molar-refractivity contribution in [2.75, 3.05) is 19.6 Å². The van der Waals surface area contributed by atoms with Crippen molar-refractivity contribution in [2.24, 2.45) is 0 Å². The zero-order chi connectivity index (χ0) is 14.0. The van der Waals surface area contributed by atoms with E-state index >= 15 is 0 Å². The standard InChI is InChI=1S/C14H22N2O2S.ClH/c1-11(2)13-4-6-14(7-5-13)19(17,18)16-9-8-15-12(3)10-16;/h4-7,11-12,15H,8-10H2,1-3H3;1H/t12-;/m0./s1. The fraction of sp³-hybridized carbons (Fsp3) is 0.571. The molecule has 1 aromatic rings. The maximum Gasteiger partial charge on any atom is 0.243 e. The molecule has 1 aliphatic heterocycles. The van der Waals surface area contributed by atoms with Crippen LogP contribution < -0.4 is 5.32 Å². The van der Waals surface area contributed by atoms with Gasteiger partial charge in [0.05, 0.1) is 4.90 Å². The molecule has 0 aliphatic carbocycles. The van der Waals surface area contributed by atoms with E-state index in [9.17, 15) is 8.42 Å². The van der Waals surface area contributed by atoms with Crippen molar-refractivity contribution in [1.29, 1.82) is 0 Å². The van der Waals surface area contributed by atoms with Crippen molar-refractivity contribution >= 4 is 22.4 Å². The van der Waals surface area contributed by atoms with Gasteiger partial charge in [-0.05, 0) is 30.5 Å². The first kappa shape index (κ1) is 17.4. The van der Waals surface area contributed by atoms with E-state index in [0.717, 1.165) is 5.56 Å². The van der Waals surface area contributed by atoms with Gasteiger partial charge >= 0.3 is 0 Å². The topological polar surface area (TPSA) is 49.4 Å². The molecule has 1 N–H and O–H groups in total. The first-order valence-corrected chi connectivity index (χ1v) is 8.19. The molecule has 0 unspecified atom stereocenters. The van der Waals surface area contributed by atoms with Crippen molar-refractivity contribution in [1.82, 2.24) is 9.62 Å². The minimum atomic E-state index is -3.34. The van der Waals surface area contributed by atoms with Crippen LogP contribution in [-0.4, -0.2) is 38.4 Å². The number of rotatable bonds is 3. The van der Waals surface area contributed by atoms with Crippen molar-refractivity contribution < 1.29 is 8.42 Å². The van der Waals surface area contributed by atoms with Crippen molar-refractivity contribution in [3.8, 4) is 0 Å². The minimum absolute atomic E-state index is 0. The first-order valence-electron chi connectivity index (χ1n) is 6.75. The summed E-state index contributed by atoms with van der Waals surface area (Å²) in [7, 11) is -3.34. The summed E-state index contributed by atoms with van der Waals surface area (Å²) in [5.74, 6) is 0.413. The fourth-order valence-corrected chi connectivity index (χ4v) is 3.82.